The number of piperidine rings is 1. The fraction of sp³-hybridized carbons (Fsp3) is 0.378. The van der Waals surface area contributed by atoms with Crippen molar-refractivity contribution >= 4 is 39.2 Å². The Hall–Kier alpha value is -6.13. The molecule has 6 heterocycles. The predicted molar refractivity (Wildman–Crippen MR) is 226 cm³/mol. The molecule has 0 bridgehead atoms. The first kappa shape index (κ1) is 40.3. The number of methoxy groups -OCH3 is 2. The number of H-pyrrole nitrogens is 1. The summed E-state index contributed by atoms with van der Waals surface area (Å²) in [6.07, 6.45) is 2.88. The minimum atomic E-state index is -4.66. The minimum absolute atomic E-state index is 0.101. The van der Waals surface area contributed by atoms with Gasteiger partial charge in [-0.05, 0) is 89.6 Å². The molecule has 0 aliphatic carbocycles. The molecule has 6 aromatic rings. The first-order valence-corrected chi connectivity index (χ1v) is 20.5. The Morgan fingerprint density at radius 3 is 2.43 bits per heavy atom. The van der Waals surface area contributed by atoms with E-state index < -0.39 is 24.0 Å². The average Bonchev–Trinajstić information content (AvgIpc) is 3.68. The number of carbonyl (C=O) groups excluding carboxylic acids is 1. The molecule has 2 amide bonds. The van der Waals surface area contributed by atoms with Crippen LogP contribution in [0.5, 0.6) is 11.5 Å². The van der Waals surface area contributed by atoms with Crippen molar-refractivity contribution in [2.24, 2.45) is 13.0 Å². The Bertz CT molecular complexity index is 2680. The van der Waals surface area contributed by atoms with Crippen LogP contribution in [0.25, 0.3) is 32.8 Å². The van der Waals surface area contributed by atoms with E-state index in [-0.39, 0.29) is 40.9 Å². The van der Waals surface area contributed by atoms with Crippen molar-refractivity contribution in [3.05, 3.63) is 105 Å². The van der Waals surface area contributed by atoms with Crippen LogP contribution >= 0.6 is 0 Å². The van der Waals surface area contributed by atoms with E-state index in [1.807, 2.05) is 29.3 Å². The molecule has 16 heteroatoms. The van der Waals surface area contributed by atoms with Crippen molar-refractivity contribution in [1.82, 2.24) is 30.0 Å². The number of nitrogens with one attached hydrogen (secondary N) is 2. The Labute approximate surface area is 349 Å². The molecule has 0 radical (unpaired) electrons. The highest BCUT2D eigenvalue weighted by molar-refractivity contribution is 6.03. The van der Waals surface area contributed by atoms with Crippen LogP contribution in [0, 0.1) is 5.92 Å². The number of urea groups is 1. The number of anilines is 2. The van der Waals surface area contributed by atoms with Gasteiger partial charge in [-0.1, -0.05) is 18.2 Å². The Morgan fingerprint density at radius 1 is 0.934 bits per heavy atom. The zero-order valence-electron chi connectivity index (χ0n) is 34.2. The molecule has 3 aromatic carbocycles. The normalized spacial score (nSPS) is 17.8. The number of aromatic amines is 1. The first-order chi connectivity index (χ1) is 29.4. The summed E-state index contributed by atoms with van der Waals surface area (Å²) < 4.78 is 57.9. The van der Waals surface area contributed by atoms with Crippen LogP contribution in [0.1, 0.15) is 47.1 Å². The molecule has 3 N–H and O–H groups in total. The first-order valence-electron chi connectivity index (χ1n) is 20.5. The van der Waals surface area contributed by atoms with Crippen LogP contribution < -0.4 is 30.1 Å². The summed E-state index contributed by atoms with van der Waals surface area (Å²) >= 11 is 0. The van der Waals surface area contributed by atoms with Crippen LogP contribution in [0.2, 0.25) is 0 Å². The van der Waals surface area contributed by atoms with Crippen LogP contribution in [-0.2, 0) is 39.2 Å². The van der Waals surface area contributed by atoms with Gasteiger partial charge in [0.25, 0.3) is 5.56 Å². The second kappa shape index (κ2) is 16.0. The summed E-state index contributed by atoms with van der Waals surface area (Å²) in [6, 6.07) is 14.8. The molecule has 0 spiro atoms. The molecule has 318 valence electrons. The third-order valence-corrected chi connectivity index (χ3v) is 12.6. The van der Waals surface area contributed by atoms with Gasteiger partial charge < -0.3 is 29.4 Å². The van der Waals surface area contributed by atoms with Crippen LogP contribution in [0.15, 0.2) is 71.9 Å². The molecule has 1 atom stereocenters. The summed E-state index contributed by atoms with van der Waals surface area (Å²) in [4.78, 5) is 35.0. The quantitative estimate of drug-likeness (QED) is 0.144. The van der Waals surface area contributed by atoms with E-state index in [0.717, 1.165) is 60.8 Å². The summed E-state index contributed by atoms with van der Waals surface area (Å²) in [5, 5.41) is 20.4. The number of hydrogen-bond donors (Lipinski definition) is 3. The zero-order valence-corrected chi connectivity index (χ0v) is 34.2. The molecule has 1 unspecified atom stereocenters. The standard InChI is InChI=1S/C45H47F3N8O5/c1-53-24-34(31-9-14-49-22-33(31)43(53)58)29-20-37(60-2)35(38(21-29)61-3)25-54-15-12-30-27(5-4-6-28(30)23-54)19-26-10-16-55(17-11-26)36-8-7-32-41(40(36)45(46,47)48)51-52-42(32)56-18-13-39(57)50-44(56)59/h4-9,14,20-22,24,26,39,57H,10-13,15-19,23,25H2,1-3H3,(H,50,59)(H,51,52). The fourth-order valence-electron chi connectivity index (χ4n) is 9.49. The maximum atomic E-state index is 14.8. The van der Waals surface area contributed by atoms with Gasteiger partial charge in [0.2, 0.25) is 0 Å². The van der Waals surface area contributed by atoms with E-state index in [1.54, 1.807) is 44.3 Å². The third kappa shape index (κ3) is 7.52. The second-order valence-corrected chi connectivity index (χ2v) is 16.2. The lowest BCUT2D eigenvalue weighted by atomic mass is 9.85. The van der Waals surface area contributed by atoms with Crippen LogP contribution in [0.3, 0.4) is 0 Å². The third-order valence-electron chi connectivity index (χ3n) is 12.6. The number of aryl methyl sites for hydroxylation is 1. The molecule has 2 saturated heterocycles. The fourth-order valence-corrected chi connectivity index (χ4v) is 9.49. The van der Waals surface area contributed by atoms with E-state index in [4.69, 9.17) is 9.47 Å². The maximum Gasteiger partial charge on any atom is 0.420 e. The minimum Gasteiger partial charge on any atom is -0.496 e. The SMILES string of the molecule is COc1cc(-c2cn(C)c(=O)c3cnccc23)cc(OC)c1CN1CCc2c(CC3CCN(c4ccc5c(N6CCC(O)NC6=O)n[nH]c5c4C(F)(F)F)CC3)cccc2C1. The maximum absolute atomic E-state index is 14.8. The lowest BCUT2D eigenvalue weighted by Crippen LogP contribution is -2.52. The molecule has 0 saturated carbocycles. The Balaban J connectivity index is 0.890. The summed E-state index contributed by atoms with van der Waals surface area (Å²) in [5.41, 5.74) is 5.63. The zero-order chi connectivity index (χ0) is 42.6. The van der Waals surface area contributed by atoms with Gasteiger partial charge >= 0.3 is 12.2 Å². The van der Waals surface area contributed by atoms with Crippen LogP contribution in [-0.4, -0.2) is 82.4 Å². The molecule has 3 aliphatic heterocycles. The highest BCUT2D eigenvalue weighted by atomic mass is 19.4. The number of nitrogens with zero attached hydrogens (tertiary/aromatic N) is 6. The molecular formula is C45H47F3N8O5. The van der Waals surface area contributed by atoms with E-state index in [1.165, 1.54) is 27.7 Å². The van der Waals surface area contributed by atoms with E-state index >= 15 is 0 Å². The topological polar surface area (TPSA) is 141 Å². The number of hydrogen-bond acceptors (Lipinski definition) is 9. The molecular weight excluding hydrogens is 790 g/mol. The summed E-state index contributed by atoms with van der Waals surface area (Å²) in [6.45, 7) is 3.27. The predicted octanol–water partition coefficient (Wildman–Crippen LogP) is 6.77. The van der Waals surface area contributed by atoms with Crippen molar-refractivity contribution < 1.29 is 32.5 Å². The van der Waals surface area contributed by atoms with Gasteiger partial charge in [0.15, 0.2) is 5.82 Å². The van der Waals surface area contributed by atoms with Gasteiger partial charge in [-0.25, -0.2) is 4.79 Å². The number of pyridine rings is 2. The number of alkyl halides is 3. The average molecular weight is 837 g/mol. The highest BCUT2D eigenvalue weighted by Gasteiger charge is 2.40. The molecule has 3 aromatic heterocycles. The number of rotatable bonds is 9. The van der Waals surface area contributed by atoms with E-state index in [0.29, 0.717) is 42.4 Å². The Kier molecular flexibility index (Phi) is 10.6. The molecule has 61 heavy (non-hydrogen) atoms. The number of amides is 2. The van der Waals surface area contributed by atoms with Gasteiger partial charge in [-0.2, -0.15) is 18.3 Å². The van der Waals surface area contributed by atoms with E-state index in [9.17, 15) is 27.9 Å². The summed E-state index contributed by atoms with van der Waals surface area (Å²) in [7, 11) is 5.04. The molecule has 13 nitrogen and oxygen atoms in total. The van der Waals surface area contributed by atoms with Gasteiger partial charge in [-0.3, -0.25) is 24.7 Å². The van der Waals surface area contributed by atoms with Crippen molar-refractivity contribution in [1.29, 1.82) is 0 Å². The summed E-state index contributed by atoms with van der Waals surface area (Å²) in [5.74, 6) is 1.81. The number of benzene rings is 3. The second-order valence-electron chi connectivity index (χ2n) is 16.2. The number of ether oxygens (including phenoxy) is 2. The molecule has 2 fully saturated rings. The number of aliphatic hydroxyl groups excluding tert-OH is 1. The monoisotopic (exact) mass is 836 g/mol. The number of fused-ring (bicyclic) bond motifs is 3. The van der Waals surface area contributed by atoms with Gasteiger partial charge in [0.05, 0.1) is 36.4 Å². The van der Waals surface area contributed by atoms with E-state index in [2.05, 4.69) is 43.6 Å². The highest BCUT2D eigenvalue weighted by Crippen LogP contribution is 2.44. The largest absolute Gasteiger partial charge is 0.496 e. The number of halogens is 3. The van der Waals surface area contributed by atoms with Crippen molar-refractivity contribution in [3.63, 3.8) is 0 Å². The van der Waals surface area contributed by atoms with Gasteiger partial charge in [0, 0.05) is 82.3 Å². The molecule has 3 aliphatic rings. The molecule has 9 rings (SSSR count). The number of carbonyl (C=O) groups is 1. The Morgan fingerprint density at radius 2 is 1.70 bits per heavy atom. The van der Waals surface area contributed by atoms with Gasteiger partial charge in [0.1, 0.15) is 23.3 Å². The van der Waals surface area contributed by atoms with Gasteiger partial charge in [-0.15, -0.1) is 0 Å². The smallest absolute Gasteiger partial charge is 0.420 e. The van der Waals surface area contributed by atoms with Crippen LogP contribution in [0.4, 0.5) is 29.5 Å². The number of aromatic nitrogens is 4. The van der Waals surface area contributed by atoms with Crippen molar-refractivity contribution in [2.45, 2.75) is 57.6 Å². The number of aliphatic hydroxyl groups is 1. The lowest BCUT2D eigenvalue weighted by molar-refractivity contribution is -0.136. The lowest BCUT2D eigenvalue weighted by Gasteiger charge is -2.36. The van der Waals surface area contributed by atoms with Crippen molar-refractivity contribution in [2.75, 3.05) is 50.2 Å². The van der Waals surface area contributed by atoms with Crippen molar-refractivity contribution in [3.8, 4) is 22.6 Å².